The summed E-state index contributed by atoms with van der Waals surface area (Å²) >= 11 is 0. The van der Waals surface area contributed by atoms with Crippen molar-refractivity contribution in [2.75, 3.05) is 0 Å². The van der Waals surface area contributed by atoms with E-state index in [1.807, 2.05) is 0 Å². The van der Waals surface area contributed by atoms with Gasteiger partial charge in [-0.25, -0.2) is 4.39 Å². The van der Waals surface area contributed by atoms with E-state index in [1.165, 1.54) is 18.2 Å². The molecule has 3 rings (SSSR count). The van der Waals surface area contributed by atoms with Gasteiger partial charge < -0.3 is 20.2 Å². The van der Waals surface area contributed by atoms with Crippen molar-refractivity contribution in [3.63, 3.8) is 0 Å². The van der Waals surface area contributed by atoms with E-state index < -0.39 is 0 Å². The third-order valence-corrected chi connectivity index (χ3v) is 3.07. The van der Waals surface area contributed by atoms with Crippen LogP contribution >= 0.6 is 0 Å². The van der Waals surface area contributed by atoms with Crippen LogP contribution in [-0.4, -0.2) is 18.3 Å². The Hall–Kier alpha value is -1.17. The van der Waals surface area contributed by atoms with Crippen LogP contribution in [0.2, 0.25) is 0 Å². The van der Waals surface area contributed by atoms with Crippen molar-refractivity contribution in [3.8, 4) is 5.75 Å². The lowest BCUT2D eigenvalue weighted by Gasteiger charge is -2.16. The van der Waals surface area contributed by atoms with Gasteiger partial charge in [0.15, 0.2) is 11.4 Å². The summed E-state index contributed by atoms with van der Waals surface area (Å²) in [6, 6.07) is 3.95. The number of quaternary nitrogens is 1. The lowest BCUT2D eigenvalue weighted by Crippen LogP contribution is -2.70. The second-order valence-electron chi connectivity index (χ2n) is 4.22. The van der Waals surface area contributed by atoms with Crippen molar-refractivity contribution in [1.29, 1.82) is 0 Å². The van der Waals surface area contributed by atoms with Crippen LogP contribution in [0.5, 0.6) is 5.75 Å². The first-order valence-corrected chi connectivity index (χ1v) is 5.33. The van der Waals surface area contributed by atoms with Gasteiger partial charge >= 0.3 is 0 Å². The van der Waals surface area contributed by atoms with Crippen LogP contribution < -0.4 is 10.2 Å². The van der Waals surface area contributed by atoms with Gasteiger partial charge in [-0.1, -0.05) is 0 Å². The van der Waals surface area contributed by atoms with Gasteiger partial charge in [0.1, 0.15) is 11.9 Å². The summed E-state index contributed by atoms with van der Waals surface area (Å²) in [5, 5.41) is 10.8. The van der Waals surface area contributed by atoms with Gasteiger partial charge in [-0.3, -0.25) is 0 Å². The van der Waals surface area contributed by atoms with E-state index in [9.17, 15) is 9.60 Å². The third-order valence-electron chi connectivity index (χ3n) is 3.07. The van der Waals surface area contributed by atoms with Crippen molar-refractivity contribution in [2.24, 2.45) is 0 Å². The van der Waals surface area contributed by atoms with Crippen molar-refractivity contribution in [2.45, 2.75) is 31.2 Å². The largest absolute Gasteiger partial charge is 0.630 e. The zero-order valence-corrected chi connectivity index (χ0v) is 8.56. The van der Waals surface area contributed by atoms with E-state index in [0.717, 1.165) is 12.8 Å². The first-order valence-electron chi connectivity index (χ1n) is 5.33. The number of hydrogen-bond acceptors (Lipinski definition) is 3. The number of ether oxygens (including phenoxy) is 2. The Balaban J connectivity index is 1.74. The summed E-state index contributed by atoms with van der Waals surface area (Å²) in [7, 11) is 0. The van der Waals surface area contributed by atoms with Gasteiger partial charge in [-0.2, -0.15) is 0 Å². The van der Waals surface area contributed by atoms with Crippen LogP contribution in [0.25, 0.3) is 0 Å². The zero-order valence-electron chi connectivity index (χ0n) is 8.56. The van der Waals surface area contributed by atoms with Gasteiger partial charge in [-0.15, -0.1) is 0 Å². The number of halogens is 1. The fourth-order valence-electron chi connectivity index (χ4n) is 2.19. The molecule has 2 atom stereocenters. The van der Waals surface area contributed by atoms with Crippen molar-refractivity contribution >= 4 is 5.69 Å². The Kier molecular flexibility index (Phi) is 2.31. The molecule has 0 amide bonds. The van der Waals surface area contributed by atoms with Gasteiger partial charge in [0.25, 0.3) is 0 Å². The molecule has 2 fully saturated rings. The Labute approximate surface area is 91.9 Å². The highest BCUT2D eigenvalue weighted by molar-refractivity contribution is 5.45. The molecule has 1 aliphatic heterocycles. The SMILES string of the molecule is [O-][NH2+]c1ccc(F)cc1OC1CC2OC2C1. The molecule has 1 saturated carbocycles. The topological polar surface area (TPSA) is 61.4 Å². The third kappa shape index (κ3) is 1.77. The molecule has 4 nitrogen and oxygen atoms in total. The number of nitrogens with two attached hydrogens (primary N) is 1. The molecule has 1 aliphatic carbocycles. The maximum Gasteiger partial charge on any atom is 0.183 e. The van der Waals surface area contributed by atoms with Crippen LogP contribution in [0.1, 0.15) is 12.8 Å². The van der Waals surface area contributed by atoms with Crippen molar-refractivity contribution < 1.29 is 19.3 Å². The lowest BCUT2D eigenvalue weighted by molar-refractivity contribution is -0.498. The summed E-state index contributed by atoms with van der Waals surface area (Å²) in [6.07, 6.45) is 2.35. The summed E-state index contributed by atoms with van der Waals surface area (Å²) in [5.74, 6) is -0.0543. The molecule has 1 heterocycles. The Bertz CT molecular complexity index is 402. The smallest absolute Gasteiger partial charge is 0.183 e. The highest BCUT2D eigenvalue weighted by Crippen LogP contribution is 2.40. The summed E-state index contributed by atoms with van der Waals surface area (Å²) in [6.45, 7) is 0. The van der Waals surface area contributed by atoms with E-state index >= 15 is 0 Å². The molecule has 2 N–H and O–H groups in total. The molecule has 0 radical (unpaired) electrons. The molecular weight excluding hydrogens is 213 g/mol. The molecule has 5 heteroatoms. The van der Waals surface area contributed by atoms with Gasteiger partial charge in [0, 0.05) is 25.0 Å². The molecule has 1 aromatic rings. The Morgan fingerprint density at radius 2 is 2.12 bits per heavy atom. The van der Waals surface area contributed by atoms with Gasteiger partial charge in [0.2, 0.25) is 0 Å². The van der Waals surface area contributed by atoms with Crippen LogP contribution in [0.15, 0.2) is 18.2 Å². The summed E-state index contributed by atoms with van der Waals surface area (Å²) in [4.78, 5) is 0. The Morgan fingerprint density at radius 3 is 2.81 bits per heavy atom. The molecule has 0 aromatic heterocycles. The fourth-order valence-corrected chi connectivity index (χ4v) is 2.19. The maximum absolute atomic E-state index is 13.0. The summed E-state index contributed by atoms with van der Waals surface area (Å²) in [5.41, 5.74) is 1.07. The monoisotopic (exact) mass is 225 g/mol. The first kappa shape index (κ1) is 10.0. The quantitative estimate of drug-likeness (QED) is 0.471. The lowest BCUT2D eigenvalue weighted by atomic mass is 10.2. The van der Waals surface area contributed by atoms with E-state index in [0.29, 0.717) is 29.1 Å². The normalized spacial score (nSPS) is 31.2. The highest BCUT2D eigenvalue weighted by Gasteiger charge is 2.49. The minimum atomic E-state index is -0.389. The standard InChI is InChI=1S/C11H12FNO3/c12-6-1-2-8(13-14)9(3-6)15-7-4-10-11(5-7)16-10/h1-3,7,10-11H,4-5,13H2. The van der Waals surface area contributed by atoms with Crippen LogP contribution in [-0.2, 0) is 4.74 Å². The molecular formula is C11H12FNO3. The highest BCUT2D eigenvalue weighted by atomic mass is 19.1. The molecule has 0 spiro atoms. The number of benzene rings is 1. The van der Waals surface area contributed by atoms with Gasteiger partial charge in [-0.05, 0) is 6.07 Å². The summed E-state index contributed by atoms with van der Waals surface area (Å²) < 4.78 is 23.9. The van der Waals surface area contributed by atoms with Gasteiger partial charge in [0.05, 0.1) is 12.2 Å². The minimum absolute atomic E-state index is 0.0456. The van der Waals surface area contributed by atoms with E-state index in [-0.39, 0.29) is 11.9 Å². The molecule has 1 aromatic carbocycles. The molecule has 2 unspecified atom stereocenters. The van der Waals surface area contributed by atoms with Crippen LogP contribution in [0, 0.1) is 11.0 Å². The number of hydrogen-bond donors (Lipinski definition) is 1. The number of epoxide rings is 1. The average molecular weight is 225 g/mol. The van der Waals surface area contributed by atoms with E-state index in [1.54, 1.807) is 0 Å². The number of fused-ring (bicyclic) bond motifs is 1. The van der Waals surface area contributed by atoms with E-state index in [4.69, 9.17) is 9.47 Å². The maximum atomic E-state index is 13.0. The first-order chi connectivity index (χ1) is 7.76. The minimum Gasteiger partial charge on any atom is -0.630 e. The van der Waals surface area contributed by atoms with Crippen molar-refractivity contribution in [3.05, 3.63) is 29.2 Å². The second kappa shape index (κ2) is 3.69. The second-order valence-corrected chi connectivity index (χ2v) is 4.22. The molecule has 86 valence electrons. The molecule has 2 aliphatic rings. The van der Waals surface area contributed by atoms with Crippen molar-refractivity contribution in [1.82, 2.24) is 0 Å². The average Bonchev–Trinajstić information content (AvgIpc) is 2.87. The van der Waals surface area contributed by atoms with Crippen LogP contribution in [0.4, 0.5) is 10.1 Å². The predicted octanol–water partition coefficient (Wildman–Crippen LogP) is 0.827. The predicted molar refractivity (Wildman–Crippen MR) is 53.7 cm³/mol. The molecule has 0 bridgehead atoms. The fraction of sp³-hybridized carbons (Fsp3) is 0.455. The number of rotatable bonds is 3. The Morgan fingerprint density at radius 1 is 1.38 bits per heavy atom. The van der Waals surface area contributed by atoms with E-state index in [2.05, 4.69) is 0 Å². The van der Waals surface area contributed by atoms with Crippen LogP contribution in [0.3, 0.4) is 0 Å². The zero-order chi connectivity index (χ0) is 11.1. The molecule has 16 heavy (non-hydrogen) atoms. The molecule has 1 saturated heterocycles.